The summed E-state index contributed by atoms with van der Waals surface area (Å²) in [6, 6.07) is 1.74. The SMILES string of the molecule is CC(C)(C)OC(=O)N1CCC(C(=O)NCC(=O)N2CCCC2C#N)CC1. The number of nitrogens with one attached hydrogen (secondary N) is 1. The van der Waals surface area contributed by atoms with Crippen molar-refractivity contribution in [3.63, 3.8) is 0 Å². The first-order valence-corrected chi connectivity index (χ1v) is 9.16. The molecule has 0 radical (unpaired) electrons. The zero-order valence-electron chi connectivity index (χ0n) is 15.8. The predicted octanol–water partition coefficient (Wildman–Crippen LogP) is 1.26. The summed E-state index contributed by atoms with van der Waals surface area (Å²) in [4.78, 5) is 39.6. The van der Waals surface area contributed by atoms with Gasteiger partial charge in [0.25, 0.3) is 0 Å². The fourth-order valence-corrected chi connectivity index (χ4v) is 3.26. The van der Waals surface area contributed by atoms with E-state index in [2.05, 4.69) is 11.4 Å². The molecule has 1 unspecified atom stereocenters. The minimum atomic E-state index is -0.539. The first kappa shape index (κ1) is 20.0. The summed E-state index contributed by atoms with van der Waals surface area (Å²) in [7, 11) is 0. The van der Waals surface area contributed by atoms with Gasteiger partial charge in [-0.15, -0.1) is 0 Å². The number of hydrogen-bond acceptors (Lipinski definition) is 5. The van der Waals surface area contributed by atoms with Crippen molar-refractivity contribution in [3.05, 3.63) is 0 Å². The highest BCUT2D eigenvalue weighted by atomic mass is 16.6. The third kappa shape index (κ3) is 5.35. The van der Waals surface area contributed by atoms with Gasteiger partial charge in [0.1, 0.15) is 11.6 Å². The second kappa shape index (κ2) is 8.39. The Bertz CT molecular complexity index is 585. The van der Waals surface area contributed by atoms with Crippen molar-refractivity contribution in [1.29, 1.82) is 5.26 Å². The van der Waals surface area contributed by atoms with Crippen LogP contribution in [0.3, 0.4) is 0 Å². The normalized spacial score (nSPS) is 21.2. The molecule has 2 aliphatic rings. The molecule has 8 nitrogen and oxygen atoms in total. The molecule has 0 aliphatic carbocycles. The Morgan fingerprint density at radius 3 is 2.38 bits per heavy atom. The van der Waals surface area contributed by atoms with E-state index in [0.717, 1.165) is 6.42 Å². The van der Waals surface area contributed by atoms with Crippen molar-refractivity contribution in [2.45, 2.75) is 58.1 Å². The maximum absolute atomic E-state index is 12.3. The molecule has 0 spiro atoms. The molecule has 0 bridgehead atoms. The molecular formula is C18H28N4O4. The molecule has 2 saturated heterocycles. The van der Waals surface area contributed by atoms with Gasteiger partial charge < -0.3 is 19.9 Å². The molecule has 8 heteroatoms. The summed E-state index contributed by atoms with van der Waals surface area (Å²) in [6.07, 6.45) is 2.25. The zero-order valence-corrected chi connectivity index (χ0v) is 15.8. The summed E-state index contributed by atoms with van der Waals surface area (Å²) < 4.78 is 5.34. The Labute approximate surface area is 154 Å². The van der Waals surface area contributed by atoms with Crippen LogP contribution in [0, 0.1) is 17.2 Å². The number of hydrogen-bond donors (Lipinski definition) is 1. The van der Waals surface area contributed by atoms with E-state index in [4.69, 9.17) is 10.00 Å². The molecule has 1 atom stereocenters. The summed E-state index contributed by atoms with van der Waals surface area (Å²) in [5, 5.41) is 11.7. The minimum Gasteiger partial charge on any atom is -0.444 e. The van der Waals surface area contributed by atoms with E-state index in [9.17, 15) is 14.4 Å². The van der Waals surface area contributed by atoms with E-state index in [-0.39, 0.29) is 36.4 Å². The molecule has 26 heavy (non-hydrogen) atoms. The van der Waals surface area contributed by atoms with Crippen molar-refractivity contribution in [1.82, 2.24) is 15.1 Å². The van der Waals surface area contributed by atoms with Crippen LogP contribution in [0.5, 0.6) is 0 Å². The molecule has 0 aromatic carbocycles. The molecule has 2 aliphatic heterocycles. The van der Waals surface area contributed by atoms with Crippen LogP contribution in [0.2, 0.25) is 0 Å². The highest BCUT2D eigenvalue weighted by Gasteiger charge is 2.31. The van der Waals surface area contributed by atoms with Crippen LogP contribution in [0.25, 0.3) is 0 Å². The Kier molecular flexibility index (Phi) is 6.46. The van der Waals surface area contributed by atoms with Crippen molar-refractivity contribution in [2.24, 2.45) is 5.92 Å². The Morgan fingerprint density at radius 1 is 1.15 bits per heavy atom. The number of carbonyl (C=O) groups is 3. The summed E-state index contributed by atoms with van der Waals surface area (Å²) >= 11 is 0. The lowest BCUT2D eigenvalue weighted by Crippen LogP contribution is -2.47. The fourth-order valence-electron chi connectivity index (χ4n) is 3.26. The fraction of sp³-hybridized carbons (Fsp3) is 0.778. The zero-order chi connectivity index (χ0) is 19.3. The number of amides is 3. The van der Waals surface area contributed by atoms with Gasteiger partial charge in [0.2, 0.25) is 11.8 Å². The quantitative estimate of drug-likeness (QED) is 0.812. The average Bonchev–Trinajstić information content (AvgIpc) is 3.06. The van der Waals surface area contributed by atoms with Gasteiger partial charge in [-0.25, -0.2) is 4.79 Å². The molecule has 0 aromatic rings. The second-order valence-corrected chi connectivity index (χ2v) is 7.83. The van der Waals surface area contributed by atoms with Crippen molar-refractivity contribution in [3.8, 4) is 6.07 Å². The van der Waals surface area contributed by atoms with Gasteiger partial charge >= 0.3 is 6.09 Å². The number of ether oxygens (including phenoxy) is 1. The Balaban J connectivity index is 1.74. The third-order valence-electron chi connectivity index (χ3n) is 4.65. The van der Waals surface area contributed by atoms with E-state index in [1.807, 2.05) is 20.8 Å². The van der Waals surface area contributed by atoms with Gasteiger partial charge in [0, 0.05) is 25.6 Å². The number of nitrogens with zero attached hydrogens (tertiary/aromatic N) is 3. The third-order valence-corrected chi connectivity index (χ3v) is 4.65. The van der Waals surface area contributed by atoms with E-state index in [0.29, 0.717) is 38.9 Å². The maximum Gasteiger partial charge on any atom is 0.410 e. The van der Waals surface area contributed by atoms with Crippen LogP contribution in [0.4, 0.5) is 4.79 Å². The van der Waals surface area contributed by atoms with E-state index in [1.165, 1.54) is 4.90 Å². The molecule has 2 fully saturated rings. The summed E-state index contributed by atoms with van der Waals surface area (Å²) in [5.41, 5.74) is -0.539. The summed E-state index contributed by atoms with van der Waals surface area (Å²) in [5.74, 6) is -0.602. The smallest absolute Gasteiger partial charge is 0.410 e. The minimum absolute atomic E-state index is 0.0801. The van der Waals surface area contributed by atoms with E-state index in [1.54, 1.807) is 4.90 Å². The second-order valence-electron chi connectivity index (χ2n) is 7.83. The van der Waals surface area contributed by atoms with Crippen molar-refractivity contribution >= 4 is 17.9 Å². The van der Waals surface area contributed by atoms with Crippen molar-refractivity contribution in [2.75, 3.05) is 26.2 Å². The topological polar surface area (TPSA) is 103 Å². The van der Waals surface area contributed by atoms with Crippen LogP contribution in [0.1, 0.15) is 46.5 Å². The molecular weight excluding hydrogens is 336 g/mol. The first-order valence-electron chi connectivity index (χ1n) is 9.16. The number of nitriles is 1. The van der Waals surface area contributed by atoms with Crippen LogP contribution in [0.15, 0.2) is 0 Å². The molecule has 144 valence electrons. The number of piperidine rings is 1. The van der Waals surface area contributed by atoms with Crippen LogP contribution in [-0.4, -0.2) is 65.5 Å². The molecule has 3 amide bonds. The number of carbonyl (C=O) groups excluding carboxylic acids is 3. The van der Waals surface area contributed by atoms with Crippen LogP contribution in [-0.2, 0) is 14.3 Å². The first-order chi connectivity index (χ1) is 12.2. The maximum atomic E-state index is 12.3. The molecule has 2 heterocycles. The van der Waals surface area contributed by atoms with Crippen LogP contribution >= 0.6 is 0 Å². The largest absolute Gasteiger partial charge is 0.444 e. The highest BCUT2D eigenvalue weighted by Crippen LogP contribution is 2.20. The van der Waals surface area contributed by atoms with Crippen molar-refractivity contribution < 1.29 is 19.1 Å². The van der Waals surface area contributed by atoms with Gasteiger partial charge in [-0.2, -0.15) is 5.26 Å². The molecule has 0 saturated carbocycles. The average molecular weight is 364 g/mol. The molecule has 1 N–H and O–H groups in total. The lowest BCUT2D eigenvalue weighted by atomic mass is 9.96. The van der Waals surface area contributed by atoms with Gasteiger partial charge in [-0.3, -0.25) is 9.59 Å². The van der Waals surface area contributed by atoms with Crippen LogP contribution < -0.4 is 5.32 Å². The van der Waals surface area contributed by atoms with Gasteiger partial charge in [-0.1, -0.05) is 0 Å². The Hall–Kier alpha value is -2.30. The van der Waals surface area contributed by atoms with Gasteiger partial charge in [0.05, 0.1) is 12.6 Å². The predicted molar refractivity (Wildman–Crippen MR) is 93.9 cm³/mol. The molecule has 2 rings (SSSR count). The van der Waals surface area contributed by atoms with Gasteiger partial charge in [0.15, 0.2) is 0 Å². The van der Waals surface area contributed by atoms with E-state index >= 15 is 0 Å². The monoisotopic (exact) mass is 364 g/mol. The number of likely N-dealkylation sites (tertiary alicyclic amines) is 2. The van der Waals surface area contributed by atoms with Gasteiger partial charge in [-0.05, 0) is 46.5 Å². The lowest BCUT2D eigenvalue weighted by molar-refractivity contribution is -0.134. The lowest BCUT2D eigenvalue weighted by Gasteiger charge is -2.33. The number of rotatable bonds is 3. The Morgan fingerprint density at radius 2 is 1.81 bits per heavy atom. The highest BCUT2D eigenvalue weighted by molar-refractivity contribution is 5.86. The molecule has 0 aromatic heterocycles. The van der Waals surface area contributed by atoms with E-state index < -0.39 is 5.60 Å². The summed E-state index contributed by atoms with van der Waals surface area (Å²) in [6.45, 7) is 6.87. The standard InChI is InChI=1S/C18H28N4O4/c1-18(2,3)26-17(25)21-9-6-13(7-10-21)16(24)20-12-15(23)22-8-4-5-14(22)11-19/h13-14H,4-10,12H2,1-3H3,(H,20,24).